The van der Waals surface area contributed by atoms with E-state index in [4.69, 9.17) is 5.26 Å². The van der Waals surface area contributed by atoms with Gasteiger partial charge in [-0.15, -0.1) is 0 Å². The first kappa shape index (κ1) is 10.8. The molecule has 0 radical (unpaired) electrons. The molecule has 1 aromatic rings. The van der Waals surface area contributed by atoms with Crippen molar-refractivity contribution in [1.82, 2.24) is 5.43 Å². The van der Waals surface area contributed by atoms with Gasteiger partial charge in [-0.2, -0.15) is 10.4 Å². The van der Waals surface area contributed by atoms with Gasteiger partial charge in [0.15, 0.2) is 0 Å². The number of carbonyl (C=O) groups excluding carboxylic acids is 2. The number of anilines is 1. The SMILES string of the molecule is N#Cc1ccc(NC(=O)C2=NNC(=O)C2)cc1. The summed E-state index contributed by atoms with van der Waals surface area (Å²) in [6.45, 7) is 0. The molecule has 1 aliphatic heterocycles. The lowest BCUT2D eigenvalue weighted by Gasteiger charge is -2.03. The zero-order chi connectivity index (χ0) is 12.3. The van der Waals surface area contributed by atoms with Crippen molar-refractivity contribution in [3.8, 4) is 6.07 Å². The number of nitrogens with zero attached hydrogens (tertiary/aromatic N) is 2. The number of nitrogens with one attached hydrogen (secondary N) is 2. The summed E-state index contributed by atoms with van der Waals surface area (Å²) in [6.07, 6.45) is -0.0118. The molecule has 0 spiro atoms. The molecule has 84 valence electrons. The molecule has 2 N–H and O–H groups in total. The van der Waals surface area contributed by atoms with E-state index in [0.717, 1.165) is 0 Å². The van der Waals surface area contributed by atoms with Gasteiger partial charge in [0.2, 0.25) is 5.91 Å². The second-order valence-corrected chi connectivity index (χ2v) is 3.41. The smallest absolute Gasteiger partial charge is 0.272 e. The lowest BCUT2D eigenvalue weighted by Crippen LogP contribution is -2.22. The molecule has 6 heteroatoms. The molecule has 0 unspecified atom stereocenters. The van der Waals surface area contributed by atoms with Gasteiger partial charge in [0.1, 0.15) is 5.71 Å². The first-order chi connectivity index (χ1) is 8.19. The van der Waals surface area contributed by atoms with Gasteiger partial charge < -0.3 is 5.32 Å². The molecule has 17 heavy (non-hydrogen) atoms. The number of hydrogen-bond acceptors (Lipinski definition) is 4. The first-order valence-electron chi connectivity index (χ1n) is 4.86. The number of carbonyl (C=O) groups is 2. The Morgan fingerprint density at radius 3 is 2.65 bits per heavy atom. The van der Waals surface area contributed by atoms with Gasteiger partial charge in [-0.05, 0) is 24.3 Å². The molecule has 0 fully saturated rings. The van der Waals surface area contributed by atoms with Crippen LogP contribution in [0.15, 0.2) is 29.4 Å². The summed E-state index contributed by atoms with van der Waals surface area (Å²) in [4.78, 5) is 22.5. The summed E-state index contributed by atoms with van der Waals surface area (Å²) in [5, 5.41) is 14.8. The quantitative estimate of drug-likeness (QED) is 0.765. The van der Waals surface area contributed by atoms with Gasteiger partial charge in [-0.3, -0.25) is 9.59 Å². The summed E-state index contributed by atoms with van der Waals surface area (Å²) in [5.74, 6) is -0.719. The number of rotatable bonds is 2. The lowest BCUT2D eigenvalue weighted by atomic mass is 10.2. The Kier molecular flexibility index (Phi) is 2.83. The topological polar surface area (TPSA) is 94.3 Å². The van der Waals surface area contributed by atoms with Crippen molar-refractivity contribution >= 4 is 23.2 Å². The summed E-state index contributed by atoms with van der Waals surface area (Å²) in [6, 6.07) is 8.39. The van der Waals surface area contributed by atoms with Crippen LogP contribution in [0.4, 0.5) is 5.69 Å². The molecule has 2 rings (SSSR count). The van der Waals surface area contributed by atoms with Gasteiger partial charge in [0.05, 0.1) is 18.1 Å². The molecule has 1 aliphatic rings. The second kappa shape index (κ2) is 4.45. The van der Waals surface area contributed by atoms with Gasteiger partial charge in [-0.25, -0.2) is 5.43 Å². The van der Waals surface area contributed by atoms with Crippen LogP contribution in [0.3, 0.4) is 0 Å². The normalized spacial score (nSPS) is 13.6. The number of hydrazone groups is 1. The molecular formula is C11H8N4O2. The molecule has 0 saturated heterocycles. The van der Waals surface area contributed by atoms with Crippen LogP contribution in [0.5, 0.6) is 0 Å². The Morgan fingerprint density at radius 2 is 2.12 bits per heavy atom. The minimum Gasteiger partial charge on any atom is -0.321 e. The molecule has 1 heterocycles. The maximum Gasteiger partial charge on any atom is 0.272 e. The van der Waals surface area contributed by atoms with Crippen molar-refractivity contribution in [3.05, 3.63) is 29.8 Å². The molecule has 0 bridgehead atoms. The predicted octanol–water partition coefficient (Wildman–Crippen LogP) is 0.373. The van der Waals surface area contributed by atoms with Gasteiger partial charge in [0, 0.05) is 5.69 Å². The van der Waals surface area contributed by atoms with E-state index in [1.165, 1.54) is 0 Å². The third-order valence-electron chi connectivity index (χ3n) is 2.18. The van der Waals surface area contributed by atoms with Crippen LogP contribution in [0, 0.1) is 11.3 Å². The Bertz CT molecular complexity index is 540. The van der Waals surface area contributed by atoms with E-state index in [-0.39, 0.29) is 18.0 Å². The van der Waals surface area contributed by atoms with Crippen molar-refractivity contribution < 1.29 is 9.59 Å². The summed E-state index contributed by atoms with van der Waals surface area (Å²) in [5.41, 5.74) is 3.42. The Hall–Kier alpha value is -2.68. The Labute approximate surface area is 96.9 Å². The van der Waals surface area contributed by atoms with Crippen LogP contribution in [-0.4, -0.2) is 17.5 Å². The monoisotopic (exact) mass is 228 g/mol. The van der Waals surface area contributed by atoms with Crippen LogP contribution in [0.25, 0.3) is 0 Å². The van der Waals surface area contributed by atoms with Crippen LogP contribution in [0.1, 0.15) is 12.0 Å². The maximum absolute atomic E-state index is 11.6. The highest BCUT2D eigenvalue weighted by Gasteiger charge is 2.21. The van der Waals surface area contributed by atoms with Crippen LogP contribution in [0.2, 0.25) is 0 Å². The minimum absolute atomic E-state index is 0.0118. The van der Waals surface area contributed by atoms with Crippen molar-refractivity contribution in [2.75, 3.05) is 5.32 Å². The van der Waals surface area contributed by atoms with Gasteiger partial charge >= 0.3 is 0 Å². The lowest BCUT2D eigenvalue weighted by molar-refractivity contribution is -0.119. The molecule has 0 atom stereocenters. The molecule has 6 nitrogen and oxygen atoms in total. The molecule has 0 saturated carbocycles. The average Bonchev–Trinajstić information content (AvgIpc) is 2.77. The number of benzene rings is 1. The third-order valence-corrected chi connectivity index (χ3v) is 2.18. The molecule has 0 aromatic heterocycles. The standard InChI is InChI=1S/C11H8N4O2/c12-6-7-1-3-8(4-2-7)13-11(17)9-5-10(16)15-14-9/h1-4H,5H2,(H,13,17)(H,15,16). The van der Waals surface area contributed by atoms with E-state index in [0.29, 0.717) is 11.3 Å². The largest absolute Gasteiger partial charge is 0.321 e. The van der Waals surface area contributed by atoms with Crippen molar-refractivity contribution in [3.63, 3.8) is 0 Å². The number of nitriles is 1. The van der Waals surface area contributed by atoms with Crippen LogP contribution in [-0.2, 0) is 9.59 Å². The van der Waals surface area contributed by atoms with E-state index in [9.17, 15) is 9.59 Å². The Morgan fingerprint density at radius 1 is 1.41 bits per heavy atom. The van der Waals surface area contributed by atoms with E-state index < -0.39 is 5.91 Å². The van der Waals surface area contributed by atoms with Crippen molar-refractivity contribution in [1.29, 1.82) is 5.26 Å². The maximum atomic E-state index is 11.6. The highest BCUT2D eigenvalue weighted by molar-refractivity contribution is 6.46. The van der Waals surface area contributed by atoms with E-state index in [1.807, 2.05) is 6.07 Å². The van der Waals surface area contributed by atoms with Crippen molar-refractivity contribution in [2.24, 2.45) is 5.10 Å². The average molecular weight is 228 g/mol. The Balaban J connectivity index is 2.03. The highest BCUT2D eigenvalue weighted by Crippen LogP contribution is 2.09. The zero-order valence-electron chi connectivity index (χ0n) is 8.73. The number of amides is 2. The molecular weight excluding hydrogens is 220 g/mol. The summed E-state index contributed by atoms with van der Waals surface area (Å²) < 4.78 is 0. The summed E-state index contributed by atoms with van der Waals surface area (Å²) >= 11 is 0. The number of hydrogen-bond donors (Lipinski definition) is 2. The molecule has 2 amide bonds. The van der Waals surface area contributed by atoms with Crippen LogP contribution >= 0.6 is 0 Å². The molecule has 0 aliphatic carbocycles. The fraction of sp³-hybridized carbons (Fsp3) is 0.0909. The zero-order valence-corrected chi connectivity index (χ0v) is 8.73. The fourth-order valence-electron chi connectivity index (χ4n) is 1.32. The van der Waals surface area contributed by atoms with Gasteiger partial charge in [-0.1, -0.05) is 0 Å². The third kappa shape index (κ3) is 2.46. The summed E-state index contributed by atoms with van der Waals surface area (Å²) in [7, 11) is 0. The predicted molar refractivity (Wildman–Crippen MR) is 60.0 cm³/mol. The van der Waals surface area contributed by atoms with Crippen LogP contribution < -0.4 is 10.7 Å². The highest BCUT2D eigenvalue weighted by atomic mass is 16.2. The van der Waals surface area contributed by atoms with E-state index in [1.54, 1.807) is 24.3 Å². The first-order valence-corrected chi connectivity index (χ1v) is 4.86. The van der Waals surface area contributed by atoms with Crippen molar-refractivity contribution in [2.45, 2.75) is 6.42 Å². The van der Waals surface area contributed by atoms with E-state index >= 15 is 0 Å². The van der Waals surface area contributed by atoms with Gasteiger partial charge in [0.25, 0.3) is 5.91 Å². The molecule has 1 aromatic carbocycles. The fourth-order valence-corrected chi connectivity index (χ4v) is 1.32. The van der Waals surface area contributed by atoms with E-state index in [2.05, 4.69) is 15.8 Å². The minimum atomic E-state index is -0.423. The second-order valence-electron chi connectivity index (χ2n) is 3.41.